The number of halogens is 1. The van der Waals surface area contributed by atoms with Crippen molar-refractivity contribution in [3.63, 3.8) is 0 Å². The van der Waals surface area contributed by atoms with E-state index in [-0.39, 0.29) is 43.1 Å². The molecule has 1 aliphatic heterocycles. The second kappa shape index (κ2) is 13.5. The van der Waals surface area contributed by atoms with E-state index < -0.39 is 18.4 Å². The number of benzene rings is 2. The molecule has 3 rings (SSSR count). The zero-order valence-electron chi connectivity index (χ0n) is 20.4. The molecule has 1 aliphatic rings. The molecular formula is C26H32ClN3O6. The van der Waals surface area contributed by atoms with Gasteiger partial charge in [-0.2, -0.15) is 0 Å². The molecule has 1 amide bonds. The molecule has 3 N–H and O–H groups in total. The topological polar surface area (TPSA) is 132 Å². The predicted molar refractivity (Wildman–Crippen MR) is 137 cm³/mol. The normalized spacial score (nSPS) is 14.2. The van der Waals surface area contributed by atoms with Crippen LogP contribution in [0.15, 0.2) is 48.5 Å². The first-order chi connectivity index (χ1) is 16.8. The molecule has 0 bridgehead atoms. The summed E-state index contributed by atoms with van der Waals surface area (Å²) in [6.45, 7) is 4.40. The molecule has 2 aromatic carbocycles. The number of nitrogens with two attached hydrogens (primary N) is 1. The fourth-order valence-corrected chi connectivity index (χ4v) is 3.95. The molecule has 36 heavy (non-hydrogen) atoms. The SMILES string of the molecule is CCOC(=O)OC(C)OC(=O)CC1CCN(C(=O)c2ccc(-c3ccc(C(=N)N)cc3)cc2)CC1.Cl. The Morgan fingerprint density at radius 1 is 0.972 bits per heavy atom. The molecule has 10 heteroatoms. The third kappa shape index (κ3) is 7.98. The average molecular weight is 518 g/mol. The fraction of sp³-hybridized carbons (Fsp3) is 0.385. The number of carbonyl (C=O) groups excluding carboxylic acids is 3. The number of nitrogens with one attached hydrogen (secondary N) is 1. The predicted octanol–water partition coefficient (Wildman–Crippen LogP) is 4.36. The highest BCUT2D eigenvalue weighted by Crippen LogP contribution is 2.24. The number of amidine groups is 1. The minimum atomic E-state index is -1.02. The molecule has 194 valence electrons. The van der Waals surface area contributed by atoms with Crippen LogP contribution in [0, 0.1) is 11.3 Å². The van der Waals surface area contributed by atoms with Crippen LogP contribution in [0.2, 0.25) is 0 Å². The zero-order valence-corrected chi connectivity index (χ0v) is 21.2. The fourth-order valence-electron chi connectivity index (χ4n) is 3.95. The molecule has 0 aromatic heterocycles. The van der Waals surface area contributed by atoms with Crippen molar-refractivity contribution in [3.05, 3.63) is 59.7 Å². The lowest BCUT2D eigenvalue weighted by atomic mass is 9.93. The number of nitrogen functional groups attached to an aromatic ring is 1. The van der Waals surface area contributed by atoms with Crippen LogP contribution in [-0.2, 0) is 19.0 Å². The molecule has 0 saturated carbocycles. The van der Waals surface area contributed by atoms with E-state index >= 15 is 0 Å². The minimum Gasteiger partial charge on any atom is -0.435 e. The van der Waals surface area contributed by atoms with Gasteiger partial charge in [-0.3, -0.25) is 15.0 Å². The van der Waals surface area contributed by atoms with Crippen LogP contribution in [-0.4, -0.2) is 54.8 Å². The standard InChI is InChI=1S/C26H31N3O6.ClH/c1-3-33-26(32)35-17(2)34-23(30)16-18-12-14-29(15-13-18)25(31)22-10-6-20(7-11-22)19-4-8-21(9-5-19)24(27)28;/h4-11,17-18H,3,12-16H2,1-2H3,(H3,27,28);1H. The molecule has 0 radical (unpaired) electrons. The molecular weight excluding hydrogens is 486 g/mol. The van der Waals surface area contributed by atoms with Crippen LogP contribution >= 0.6 is 12.4 Å². The van der Waals surface area contributed by atoms with Crippen molar-refractivity contribution in [3.8, 4) is 11.1 Å². The number of hydrogen-bond donors (Lipinski definition) is 2. The Morgan fingerprint density at radius 2 is 1.50 bits per heavy atom. The maximum absolute atomic E-state index is 12.9. The number of likely N-dealkylation sites (tertiary alicyclic amines) is 1. The van der Waals surface area contributed by atoms with E-state index in [9.17, 15) is 14.4 Å². The van der Waals surface area contributed by atoms with Gasteiger partial charge in [-0.05, 0) is 48.9 Å². The molecule has 2 aromatic rings. The third-order valence-corrected chi connectivity index (χ3v) is 5.84. The van der Waals surface area contributed by atoms with Gasteiger partial charge < -0.3 is 24.8 Å². The summed E-state index contributed by atoms with van der Waals surface area (Å²) < 4.78 is 14.6. The molecule has 1 heterocycles. The summed E-state index contributed by atoms with van der Waals surface area (Å²) in [5.41, 5.74) is 8.72. The minimum absolute atomic E-state index is 0. The summed E-state index contributed by atoms with van der Waals surface area (Å²) >= 11 is 0. The summed E-state index contributed by atoms with van der Waals surface area (Å²) in [5, 5.41) is 7.48. The highest BCUT2D eigenvalue weighted by atomic mass is 35.5. The maximum atomic E-state index is 12.9. The second-order valence-corrected chi connectivity index (χ2v) is 8.37. The van der Waals surface area contributed by atoms with Crippen molar-refractivity contribution in [2.75, 3.05) is 19.7 Å². The van der Waals surface area contributed by atoms with Crippen molar-refractivity contribution in [2.45, 2.75) is 39.4 Å². The Labute approximate surface area is 216 Å². The average Bonchev–Trinajstić information content (AvgIpc) is 2.84. The van der Waals surface area contributed by atoms with E-state index in [1.54, 1.807) is 24.0 Å². The maximum Gasteiger partial charge on any atom is 0.511 e. The first-order valence-electron chi connectivity index (χ1n) is 11.6. The van der Waals surface area contributed by atoms with Gasteiger partial charge in [-0.25, -0.2) is 4.79 Å². The van der Waals surface area contributed by atoms with E-state index in [0.717, 1.165) is 11.1 Å². The van der Waals surface area contributed by atoms with Crippen molar-refractivity contribution < 1.29 is 28.6 Å². The summed E-state index contributed by atoms with van der Waals surface area (Å²) in [5.74, 6) is -0.364. The first-order valence-corrected chi connectivity index (χ1v) is 11.6. The zero-order chi connectivity index (χ0) is 25.4. The van der Waals surface area contributed by atoms with Crippen molar-refractivity contribution in [1.29, 1.82) is 5.41 Å². The van der Waals surface area contributed by atoms with E-state index in [0.29, 0.717) is 37.1 Å². The number of nitrogens with zero attached hydrogens (tertiary/aromatic N) is 1. The van der Waals surface area contributed by atoms with Crippen LogP contribution in [0.25, 0.3) is 11.1 Å². The number of esters is 1. The number of ether oxygens (including phenoxy) is 3. The van der Waals surface area contributed by atoms with E-state index in [1.807, 2.05) is 36.4 Å². The van der Waals surface area contributed by atoms with Crippen LogP contribution in [0.3, 0.4) is 0 Å². The Morgan fingerprint density at radius 3 is 2.00 bits per heavy atom. The number of rotatable bonds is 8. The van der Waals surface area contributed by atoms with E-state index in [2.05, 4.69) is 4.74 Å². The molecule has 1 atom stereocenters. The Kier molecular flexibility index (Phi) is 10.7. The van der Waals surface area contributed by atoms with Gasteiger partial charge in [0.2, 0.25) is 6.29 Å². The van der Waals surface area contributed by atoms with Crippen LogP contribution in [0.4, 0.5) is 4.79 Å². The smallest absolute Gasteiger partial charge is 0.435 e. The van der Waals surface area contributed by atoms with Crippen LogP contribution < -0.4 is 5.73 Å². The Bertz CT molecular complexity index is 1050. The summed E-state index contributed by atoms with van der Waals surface area (Å²) in [6.07, 6.45) is -0.310. The molecule has 0 aliphatic carbocycles. The van der Waals surface area contributed by atoms with Gasteiger partial charge in [0.15, 0.2) is 0 Å². The van der Waals surface area contributed by atoms with Gasteiger partial charge in [0, 0.05) is 37.6 Å². The third-order valence-electron chi connectivity index (χ3n) is 5.84. The van der Waals surface area contributed by atoms with Gasteiger partial charge in [-0.15, -0.1) is 12.4 Å². The summed E-state index contributed by atoms with van der Waals surface area (Å²) in [6, 6.07) is 14.8. The largest absolute Gasteiger partial charge is 0.511 e. The lowest BCUT2D eigenvalue weighted by molar-refractivity contribution is -0.169. The Hall–Kier alpha value is -3.59. The molecule has 1 saturated heterocycles. The summed E-state index contributed by atoms with van der Waals surface area (Å²) in [4.78, 5) is 38.2. The lowest BCUT2D eigenvalue weighted by Crippen LogP contribution is -2.39. The van der Waals surface area contributed by atoms with Gasteiger partial charge in [0.05, 0.1) is 6.61 Å². The van der Waals surface area contributed by atoms with E-state index in [1.165, 1.54) is 6.92 Å². The monoisotopic (exact) mass is 517 g/mol. The highest BCUT2D eigenvalue weighted by Gasteiger charge is 2.26. The number of piperidine rings is 1. The van der Waals surface area contributed by atoms with Crippen molar-refractivity contribution >= 4 is 36.3 Å². The van der Waals surface area contributed by atoms with Gasteiger partial charge in [-0.1, -0.05) is 36.4 Å². The molecule has 1 fully saturated rings. The van der Waals surface area contributed by atoms with Gasteiger partial charge >= 0.3 is 12.1 Å². The van der Waals surface area contributed by atoms with Gasteiger partial charge in [0.25, 0.3) is 5.91 Å². The molecule has 0 spiro atoms. The lowest BCUT2D eigenvalue weighted by Gasteiger charge is -2.31. The Balaban J connectivity index is 0.00000456. The number of carbonyl (C=O) groups is 3. The number of amides is 1. The van der Waals surface area contributed by atoms with Crippen molar-refractivity contribution in [2.24, 2.45) is 11.7 Å². The number of hydrogen-bond acceptors (Lipinski definition) is 7. The quantitative estimate of drug-likeness (QED) is 0.230. The molecule has 9 nitrogen and oxygen atoms in total. The highest BCUT2D eigenvalue weighted by molar-refractivity contribution is 5.96. The summed E-state index contributed by atoms with van der Waals surface area (Å²) in [7, 11) is 0. The first kappa shape index (κ1) is 28.6. The van der Waals surface area contributed by atoms with Gasteiger partial charge in [0.1, 0.15) is 5.84 Å². The van der Waals surface area contributed by atoms with Crippen LogP contribution in [0.1, 0.15) is 49.0 Å². The van der Waals surface area contributed by atoms with Crippen LogP contribution in [0.5, 0.6) is 0 Å². The van der Waals surface area contributed by atoms with Crippen molar-refractivity contribution in [1.82, 2.24) is 4.90 Å². The van der Waals surface area contributed by atoms with E-state index in [4.69, 9.17) is 20.6 Å². The second-order valence-electron chi connectivity index (χ2n) is 8.37. The molecule has 1 unspecified atom stereocenters.